The summed E-state index contributed by atoms with van der Waals surface area (Å²) in [5.74, 6) is 0. The molecular weight excluding hydrogens is 290 g/mol. The summed E-state index contributed by atoms with van der Waals surface area (Å²) in [6.45, 7) is 0. The van der Waals surface area contributed by atoms with Crippen molar-refractivity contribution in [2.24, 2.45) is 0 Å². The molecule has 1 aliphatic carbocycles. The summed E-state index contributed by atoms with van der Waals surface area (Å²) in [6.07, 6.45) is 6.91. The molecular formula is C6H3ClN2YZn-2. The van der Waals surface area contributed by atoms with E-state index in [-0.39, 0.29) is 44.1 Å². The first-order chi connectivity index (χ1) is 4.80. The molecule has 0 saturated carbocycles. The molecule has 0 heterocycles. The van der Waals surface area contributed by atoms with Crippen LogP contribution >= 0.6 is 9.69 Å². The van der Waals surface area contributed by atoms with Gasteiger partial charge in [0.05, 0.1) is 0 Å². The summed E-state index contributed by atoms with van der Waals surface area (Å²) < 4.78 is 0. The van der Waals surface area contributed by atoms with Crippen molar-refractivity contribution in [3.63, 3.8) is 0 Å². The standard InChI is InChI=1S/C6H3N2.ClH.Y.Zn/c7-5-3-1-2-4-6(5)8;;;/h1-3H;1H;;/q-3;;;+2/p-1. The predicted octanol–water partition coefficient (Wildman–Crippen LogP) is 1.62. The molecule has 0 aromatic heterocycles. The van der Waals surface area contributed by atoms with Crippen molar-refractivity contribution in [1.29, 1.82) is 0 Å². The zero-order valence-electron chi connectivity index (χ0n) is 5.79. The molecule has 0 aliphatic heterocycles. The van der Waals surface area contributed by atoms with Crippen LogP contribution in [0.25, 0.3) is 10.8 Å². The van der Waals surface area contributed by atoms with Crippen LogP contribution in [0.4, 0.5) is 0 Å². The van der Waals surface area contributed by atoms with Crippen LogP contribution < -0.4 is 0 Å². The molecule has 1 rings (SSSR count). The molecule has 11 heavy (non-hydrogen) atoms. The van der Waals surface area contributed by atoms with Crippen molar-refractivity contribution in [3.8, 4) is 0 Å². The van der Waals surface area contributed by atoms with Gasteiger partial charge in [-0.2, -0.15) is 18.2 Å². The van der Waals surface area contributed by atoms with Gasteiger partial charge < -0.3 is 10.8 Å². The molecule has 0 saturated heterocycles. The maximum Gasteiger partial charge on any atom is 0 e. The topological polar surface area (TPSA) is 44.6 Å². The van der Waals surface area contributed by atoms with Crippen LogP contribution in [0, 0.1) is 6.08 Å². The van der Waals surface area contributed by atoms with E-state index in [0.717, 1.165) is 17.3 Å². The zero-order valence-corrected chi connectivity index (χ0v) is 12.4. The van der Waals surface area contributed by atoms with Crippen LogP contribution in [0.3, 0.4) is 0 Å². The van der Waals surface area contributed by atoms with Gasteiger partial charge in [-0.05, 0) is 0 Å². The second kappa shape index (κ2) is 8.93. The van der Waals surface area contributed by atoms with E-state index in [1.165, 1.54) is 12.2 Å². The minimum Gasteiger partial charge on any atom is -0.874 e. The predicted molar refractivity (Wildman–Crippen MR) is 39.5 cm³/mol. The molecule has 2 nitrogen and oxygen atoms in total. The summed E-state index contributed by atoms with van der Waals surface area (Å²) in [4.78, 5) is 0. The van der Waals surface area contributed by atoms with E-state index in [9.17, 15) is 0 Å². The summed E-state index contributed by atoms with van der Waals surface area (Å²) in [5.41, 5.74) is -0.333. The molecule has 5 heteroatoms. The zero-order chi connectivity index (χ0) is 7.98. The van der Waals surface area contributed by atoms with E-state index >= 15 is 0 Å². The molecule has 0 aromatic rings. The Labute approximate surface area is 105 Å². The van der Waals surface area contributed by atoms with Crippen LogP contribution in [0.2, 0.25) is 0 Å². The normalized spacial score (nSPS) is 13.4. The largest absolute Gasteiger partial charge is 0.874 e. The minimum absolute atomic E-state index is 0. The van der Waals surface area contributed by atoms with Gasteiger partial charge in [0.1, 0.15) is 0 Å². The van der Waals surface area contributed by atoms with Crippen LogP contribution in [-0.4, -0.2) is 11.4 Å². The fourth-order valence-electron chi connectivity index (χ4n) is 0.419. The van der Waals surface area contributed by atoms with Gasteiger partial charge in [0.15, 0.2) is 0 Å². The van der Waals surface area contributed by atoms with Crippen LogP contribution in [0.5, 0.6) is 0 Å². The van der Waals surface area contributed by atoms with Crippen LogP contribution in [0.15, 0.2) is 18.2 Å². The average Bonchev–Trinajstić information content (AvgIpc) is 2.00. The molecule has 0 N–H and O–H groups in total. The molecule has 51 valence electrons. The summed E-state index contributed by atoms with van der Waals surface area (Å²) >= 11 is 0.847. The Bertz CT molecular complexity index is 179. The van der Waals surface area contributed by atoms with Crippen LogP contribution in [0.1, 0.15) is 0 Å². The van der Waals surface area contributed by atoms with E-state index in [4.69, 9.17) is 20.5 Å². The molecule has 0 fully saturated rings. The fourth-order valence-corrected chi connectivity index (χ4v) is 0.419. The quantitative estimate of drug-likeness (QED) is 0.370. The van der Waals surface area contributed by atoms with Crippen molar-refractivity contribution in [2.45, 2.75) is 0 Å². The van der Waals surface area contributed by atoms with E-state index in [1.54, 1.807) is 6.08 Å². The third-order valence-electron chi connectivity index (χ3n) is 0.813. The number of hydrogen-bond acceptors (Lipinski definition) is 0. The minimum atomic E-state index is -0.201. The third kappa shape index (κ3) is 6.04. The Morgan fingerprint density at radius 1 is 1.36 bits per heavy atom. The summed E-state index contributed by atoms with van der Waals surface area (Å²) in [5, 5.41) is 17.3. The SMILES string of the molecule is [Cl][Zn+].[N-]=C1[C-]=CC=CC1=[N-].[Y]. The van der Waals surface area contributed by atoms with Crippen molar-refractivity contribution >= 4 is 21.1 Å². The molecule has 0 spiro atoms. The third-order valence-corrected chi connectivity index (χ3v) is 0.813. The number of allylic oxidation sites excluding steroid dienone is 4. The fraction of sp³-hybridized carbons (Fsp3) is 0. The van der Waals surface area contributed by atoms with E-state index in [1.807, 2.05) is 0 Å². The van der Waals surface area contributed by atoms with E-state index in [2.05, 4.69) is 6.08 Å². The molecule has 0 amide bonds. The van der Waals surface area contributed by atoms with Gasteiger partial charge in [-0.25, -0.2) is 6.08 Å². The van der Waals surface area contributed by atoms with Crippen LogP contribution in [-0.2, 0) is 50.0 Å². The van der Waals surface area contributed by atoms with Crippen molar-refractivity contribution in [3.05, 3.63) is 35.1 Å². The first-order valence-electron chi connectivity index (χ1n) is 2.46. The van der Waals surface area contributed by atoms with Gasteiger partial charge in [0.25, 0.3) is 0 Å². The molecule has 0 atom stereocenters. The Kier molecular flexibility index (Phi) is 11.7. The second-order valence-corrected chi connectivity index (χ2v) is 1.40. The molecule has 1 aliphatic rings. The maximum atomic E-state index is 8.64. The smallest absolute Gasteiger partial charge is 0 e. The number of halogens is 1. The number of rotatable bonds is 0. The maximum absolute atomic E-state index is 8.64. The van der Waals surface area contributed by atoms with Crippen molar-refractivity contribution in [1.82, 2.24) is 0 Å². The number of hydrogen-bond donors (Lipinski definition) is 0. The molecule has 1 radical (unpaired) electrons. The Morgan fingerprint density at radius 2 is 1.91 bits per heavy atom. The van der Waals surface area contributed by atoms with Crippen molar-refractivity contribution < 1.29 is 50.0 Å². The van der Waals surface area contributed by atoms with Gasteiger partial charge in [0.2, 0.25) is 0 Å². The van der Waals surface area contributed by atoms with Gasteiger partial charge in [-0.3, -0.25) is 11.4 Å². The van der Waals surface area contributed by atoms with Gasteiger partial charge >= 0.3 is 27.0 Å². The molecule has 0 aromatic carbocycles. The Balaban J connectivity index is 0. The monoisotopic (exact) mass is 291 g/mol. The van der Waals surface area contributed by atoms with Gasteiger partial charge in [-0.15, -0.1) is 0 Å². The summed E-state index contributed by atoms with van der Waals surface area (Å²) in [7, 11) is 4.76. The first-order valence-corrected chi connectivity index (χ1v) is 6.36. The van der Waals surface area contributed by atoms with E-state index < -0.39 is 0 Å². The van der Waals surface area contributed by atoms with Gasteiger partial charge in [-0.1, -0.05) is 0 Å². The second-order valence-electron chi connectivity index (χ2n) is 1.40. The molecule has 0 bridgehead atoms. The van der Waals surface area contributed by atoms with E-state index in [0.29, 0.717) is 0 Å². The Hall–Kier alpha value is 0.837. The Morgan fingerprint density at radius 3 is 2.18 bits per heavy atom. The first kappa shape index (κ1) is 14.4. The van der Waals surface area contributed by atoms with Crippen molar-refractivity contribution in [2.75, 3.05) is 0 Å². The van der Waals surface area contributed by atoms with Gasteiger partial charge in [0, 0.05) is 32.7 Å². The average molecular weight is 293 g/mol. The molecule has 0 unspecified atom stereocenters. The number of nitrogens with zero attached hydrogens (tertiary/aromatic N) is 2. The summed E-state index contributed by atoms with van der Waals surface area (Å²) in [6, 6.07) is 0.